The number of benzene rings is 1. The van der Waals surface area contributed by atoms with E-state index in [0.29, 0.717) is 6.54 Å². The van der Waals surface area contributed by atoms with Crippen molar-refractivity contribution in [3.8, 4) is 0 Å². The standard InChI is InChI=1S/C14H23N3/c1-16-8-10-17(11-9-16)7-6-13-4-2-3-5-14(13)12-15/h2-5H,6-12,15H2,1H3. The van der Waals surface area contributed by atoms with Crippen LogP contribution in [-0.2, 0) is 13.0 Å². The molecule has 1 aliphatic rings. The molecule has 1 fully saturated rings. The summed E-state index contributed by atoms with van der Waals surface area (Å²) in [7, 11) is 2.20. The molecule has 0 saturated carbocycles. The Bertz CT molecular complexity index is 343. The molecule has 0 unspecified atom stereocenters. The maximum atomic E-state index is 5.76. The van der Waals surface area contributed by atoms with Crippen LogP contribution >= 0.6 is 0 Å². The summed E-state index contributed by atoms with van der Waals surface area (Å²) in [6, 6.07) is 8.53. The fraction of sp³-hybridized carbons (Fsp3) is 0.571. The number of nitrogens with zero attached hydrogens (tertiary/aromatic N) is 2. The van der Waals surface area contributed by atoms with Gasteiger partial charge in [-0.2, -0.15) is 0 Å². The van der Waals surface area contributed by atoms with Gasteiger partial charge in [0, 0.05) is 39.3 Å². The lowest BCUT2D eigenvalue weighted by molar-refractivity contribution is 0.155. The van der Waals surface area contributed by atoms with Crippen LogP contribution in [0.5, 0.6) is 0 Å². The second-order valence-corrected chi connectivity index (χ2v) is 4.87. The number of nitrogens with two attached hydrogens (primary N) is 1. The monoisotopic (exact) mass is 233 g/mol. The van der Waals surface area contributed by atoms with Gasteiger partial charge < -0.3 is 15.5 Å². The molecule has 0 radical (unpaired) electrons. The van der Waals surface area contributed by atoms with Crippen molar-refractivity contribution < 1.29 is 0 Å². The summed E-state index contributed by atoms with van der Waals surface area (Å²) >= 11 is 0. The molecule has 0 bridgehead atoms. The van der Waals surface area contributed by atoms with Gasteiger partial charge in [-0.3, -0.25) is 0 Å². The zero-order valence-corrected chi connectivity index (χ0v) is 10.7. The van der Waals surface area contributed by atoms with Crippen LogP contribution in [0.2, 0.25) is 0 Å². The maximum Gasteiger partial charge on any atom is 0.0180 e. The molecule has 0 atom stereocenters. The second kappa shape index (κ2) is 6.15. The van der Waals surface area contributed by atoms with E-state index >= 15 is 0 Å². The van der Waals surface area contributed by atoms with Gasteiger partial charge in [-0.15, -0.1) is 0 Å². The van der Waals surface area contributed by atoms with E-state index in [4.69, 9.17) is 5.73 Å². The van der Waals surface area contributed by atoms with Crippen LogP contribution < -0.4 is 5.73 Å². The molecule has 94 valence electrons. The average molecular weight is 233 g/mol. The zero-order valence-electron chi connectivity index (χ0n) is 10.7. The van der Waals surface area contributed by atoms with Gasteiger partial charge in [0.2, 0.25) is 0 Å². The number of hydrogen-bond acceptors (Lipinski definition) is 3. The van der Waals surface area contributed by atoms with Gasteiger partial charge in [0.25, 0.3) is 0 Å². The molecular formula is C14H23N3. The molecule has 1 aliphatic heterocycles. The van der Waals surface area contributed by atoms with Gasteiger partial charge >= 0.3 is 0 Å². The Hall–Kier alpha value is -0.900. The van der Waals surface area contributed by atoms with Crippen LogP contribution in [-0.4, -0.2) is 49.6 Å². The van der Waals surface area contributed by atoms with E-state index in [2.05, 4.69) is 41.1 Å². The van der Waals surface area contributed by atoms with E-state index in [1.165, 1.54) is 37.3 Å². The Labute approximate surface area is 104 Å². The Balaban J connectivity index is 1.85. The van der Waals surface area contributed by atoms with Gasteiger partial charge in [0.1, 0.15) is 0 Å². The fourth-order valence-electron chi connectivity index (χ4n) is 2.35. The summed E-state index contributed by atoms with van der Waals surface area (Å²) < 4.78 is 0. The Morgan fingerprint density at radius 2 is 1.71 bits per heavy atom. The number of piperazine rings is 1. The van der Waals surface area contributed by atoms with Crippen LogP contribution in [0.3, 0.4) is 0 Å². The van der Waals surface area contributed by atoms with E-state index in [1.54, 1.807) is 0 Å². The smallest absolute Gasteiger partial charge is 0.0180 e. The van der Waals surface area contributed by atoms with Gasteiger partial charge in [0.15, 0.2) is 0 Å². The normalized spacial score (nSPS) is 18.5. The van der Waals surface area contributed by atoms with E-state index in [-0.39, 0.29) is 0 Å². The molecule has 3 nitrogen and oxygen atoms in total. The predicted molar refractivity (Wildman–Crippen MR) is 72.0 cm³/mol. The van der Waals surface area contributed by atoms with Crippen LogP contribution in [0.25, 0.3) is 0 Å². The molecule has 0 spiro atoms. The van der Waals surface area contributed by atoms with E-state index in [9.17, 15) is 0 Å². The summed E-state index contributed by atoms with van der Waals surface area (Å²) in [5.41, 5.74) is 8.46. The first-order valence-corrected chi connectivity index (χ1v) is 6.47. The van der Waals surface area contributed by atoms with Crippen molar-refractivity contribution >= 4 is 0 Å². The van der Waals surface area contributed by atoms with Gasteiger partial charge in [0.05, 0.1) is 0 Å². The number of likely N-dealkylation sites (N-methyl/N-ethyl adjacent to an activating group) is 1. The molecule has 1 heterocycles. The number of hydrogen-bond donors (Lipinski definition) is 1. The van der Waals surface area contributed by atoms with Crippen molar-refractivity contribution in [1.82, 2.24) is 9.80 Å². The lowest BCUT2D eigenvalue weighted by Crippen LogP contribution is -2.45. The SMILES string of the molecule is CN1CCN(CCc2ccccc2CN)CC1. The van der Waals surface area contributed by atoms with Crippen LogP contribution in [0.1, 0.15) is 11.1 Å². The van der Waals surface area contributed by atoms with E-state index in [1.807, 2.05) is 0 Å². The molecular weight excluding hydrogens is 210 g/mol. The maximum absolute atomic E-state index is 5.76. The highest BCUT2D eigenvalue weighted by molar-refractivity contribution is 5.27. The van der Waals surface area contributed by atoms with Crippen molar-refractivity contribution in [1.29, 1.82) is 0 Å². The third-order valence-corrected chi connectivity index (χ3v) is 3.63. The molecule has 1 aromatic carbocycles. The van der Waals surface area contributed by atoms with Crippen LogP contribution in [0, 0.1) is 0 Å². The van der Waals surface area contributed by atoms with Gasteiger partial charge in [-0.1, -0.05) is 24.3 Å². The molecule has 0 amide bonds. The molecule has 1 saturated heterocycles. The van der Waals surface area contributed by atoms with Crippen molar-refractivity contribution in [3.05, 3.63) is 35.4 Å². The molecule has 0 aromatic heterocycles. The van der Waals surface area contributed by atoms with Crippen molar-refractivity contribution in [2.24, 2.45) is 5.73 Å². The minimum Gasteiger partial charge on any atom is -0.326 e. The molecule has 0 aliphatic carbocycles. The third kappa shape index (κ3) is 3.53. The van der Waals surface area contributed by atoms with Crippen molar-refractivity contribution in [2.75, 3.05) is 39.8 Å². The third-order valence-electron chi connectivity index (χ3n) is 3.63. The highest BCUT2D eigenvalue weighted by Crippen LogP contribution is 2.10. The van der Waals surface area contributed by atoms with Crippen molar-refractivity contribution in [2.45, 2.75) is 13.0 Å². The topological polar surface area (TPSA) is 32.5 Å². The molecule has 2 rings (SSSR count). The lowest BCUT2D eigenvalue weighted by Gasteiger charge is -2.32. The molecule has 3 heteroatoms. The van der Waals surface area contributed by atoms with Gasteiger partial charge in [-0.25, -0.2) is 0 Å². The first kappa shape index (κ1) is 12.6. The summed E-state index contributed by atoms with van der Waals surface area (Å²) in [6.07, 6.45) is 1.12. The summed E-state index contributed by atoms with van der Waals surface area (Å²) in [5.74, 6) is 0. The fourth-order valence-corrected chi connectivity index (χ4v) is 2.35. The highest BCUT2D eigenvalue weighted by Gasteiger charge is 2.13. The molecule has 2 N–H and O–H groups in total. The van der Waals surface area contributed by atoms with Crippen LogP contribution in [0.4, 0.5) is 0 Å². The highest BCUT2D eigenvalue weighted by atomic mass is 15.2. The second-order valence-electron chi connectivity index (χ2n) is 4.87. The minimum atomic E-state index is 0.652. The predicted octanol–water partition coefficient (Wildman–Crippen LogP) is 0.935. The average Bonchev–Trinajstić information content (AvgIpc) is 2.38. The van der Waals surface area contributed by atoms with E-state index in [0.717, 1.165) is 13.0 Å². The molecule has 1 aromatic rings. The first-order chi connectivity index (χ1) is 8.29. The summed E-state index contributed by atoms with van der Waals surface area (Å²) in [5, 5.41) is 0. The lowest BCUT2D eigenvalue weighted by atomic mass is 10.0. The summed E-state index contributed by atoms with van der Waals surface area (Å²) in [6.45, 7) is 6.59. The Morgan fingerprint density at radius 1 is 1.06 bits per heavy atom. The van der Waals surface area contributed by atoms with Gasteiger partial charge in [-0.05, 0) is 24.6 Å². The molecule has 17 heavy (non-hydrogen) atoms. The summed E-state index contributed by atoms with van der Waals surface area (Å²) in [4.78, 5) is 4.94. The van der Waals surface area contributed by atoms with Crippen molar-refractivity contribution in [3.63, 3.8) is 0 Å². The minimum absolute atomic E-state index is 0.652. The Morgan fingerprint density at radius 3 is 2.35 bits per heavy atom. The Kier molecular flexibility index (Phi) is 4.54. The number of rotatable bonds is 4. The van der Waals surface area contributed by atoms with Crippen LogP contribution in [0.15, 0.2) is 24.3 Å². The zero-order chi connectivity index (χ0) is 12.1. The van der Waals surface area contributed by atoms with E-state index < -0.39 is 0 Å². The quantitative estimate of drug-likeness (QED) is 0.840. The first-order valence-electron chi connectivity index (χ1n) is 6.47. The largest absolute Gasteiger partial charge is 0.326 e.